The topological polar surface area (TPSA) is 37.3 Å². The van der Waals surface area contributed by atoms with Crippen LogP contribution in [0.5, 0.6) is 5.75 Å². The monoisotopic (exact) mass is 258 g/mol. The standard InChI is InChI=1S/C15H11ClO2/c16-13-6-4-12(5-7-13)15(18)10-3-11-1-8-14(17)9-2-11/h1-10,17H/b10-3+. The fraction of sp³-hybridized carbons (Fsp3) is 0. The maximum absolute atomic E-state index is 11.8. The van der Waals surface area contributed by atoms with Crippen LogP contribution in [0.2, 0.25) is 5.02 Å². The Bertz CT molecular complexity index is 568. The van der Waals surface area contributed by atoms with E-state index in [2.05, 4.69) is 0 Å². The minimum absolute atomic E-state index is 0.0836. The zero-order valence-electron chi connectivity index (χ0n) is 9.51. The van der Waals surface area contributed by atoms with Crippen LogP contribution in [-0.4, -0.2) is 10.9 Å². The summed E-state index contributed by atoms with van der Waals surface area (Å²) in [4.78, 5) is 11.8. The number of phenols is 1. The summed E-state index contributed by atoms with van der Waals surface area (Å²) >= 11 is 5.75. The van der Waals surface area contributed by atoms with Crippen molar-refractivity contribution in [3.05, 3.63) is 70.8 Å². The van der Waals surface area contributed by atoms with E-state index in [4.69, 9.17) is 16.7 Å². The Morgan fingerprint density at radius 3 is 2.22 bits per heavy atom. The summed E-state index contributed by atoms with van der Waals surface area (Å²) in [5.74, 6) is 0.121. The molecule has 2 aromatic carbocycles. The van der Waals surface area contributed by atoms with E-state index in [1.807, 2.05) is 0 Å². The van der Waals surface area contributed by atoms with Crippen molar-refractivity contribution in [3.63, 3.8) is 0 Å². The normalized spacial score (nSPS) is 10.7. The molecule has 0 amide bonds. The molecule has 0 saturated carbocycles. The molecule has 0 spiro atoms. The van der Waals surface area contributed by atoms with Crippen molar-refractivity contribution in [1.82, 2.24) is 0 Å². The first-order valence-corrected chi connectivity index (χ1v) is 5.80. The number of allylic oxidation sites excluding steroid dienone is 1. The van der Waals surface area contributed by atoms with Gasteiger partial charge in [0, 0.05) is 10.6 Å². The smallest absolute Gasteiger partial charge is 0.185 e. The van der Waals surface area contributed by atoms with Crippen LogP contribution in [0.15, 0.2) is 54.6 Å². The molecule has 0 heterocycles. The van der Waals surface area contributed by atoms with Gasteiger partial charge in [0.1, 0.15) is 5.75 Å². The maximum atomic E-state index is 11.8. The van der Waals surface area contributed by atoms with Gasteiger partial charge in [0.2, 0.25) is 0 Å². The zero-order valence-corrected chi connectivity index (χ0v) is 10.3. The van der Waals surface area contributed by atoms with Crippen LogP contribution in [0.4, 0.5) is 0 Å². The zero-order chi connectivity index (χ0) is 13.0. The highest BCUT2D eigenvalue weighted by Gasteiger charge is 2.00. The molecule has 2 nitrogen and oxygen atoms in total. The molecule has 0 saturated heterocycles. The first-order chi connectivity index (χ1) is 8.65. The van der Waals surface area contributed by atoms with Crippen molar-refractivity contribution < 1.29 is 9.90 Å². The number of hydrogen-bond donors (Lipinski definition) is 1. The lowest BCUT2D eigenvalue weighted by molar-refractivity contribution is 0.104. The van der Waals surface area contributed by atoms with Crippen LogP contribution in [-0.2, 0) is 0 Å². The first kappa shape index (κ1) is 12.4. The van der Waals surface area contributed by atoms with Gasteiger partial charge in [-0.3, -0.25) is 4.79 Å². The molecule has 0 aliphatic rings. The van der Waals surface area contributed by atoms with Crippen molar-refractivity contribution >= 4 is 23.5 Å². The number of aromatic hydroxyl groups is 1. The summed E-state index contributed by atoms with van der Waals surface area (Å²) in [6, 6.07) is 13.4. The summed E-state index contributed by atoms with van der Waals surface area (Å²) in [6.45, 7) is 0. The predicted octanol–water partition coefficient (Wildman–Crippen LogP) is 3.94. The van der Waals surface area contributed by atoms with E-state index < -0.39 is 0 Å². The lowest BCUT2D eigenvalue weighted by atomic mass is 10.1. The molecule has 0 fully saturated rings. The second kappa shape index (κ2) is 5.52. The van der Waals surface area contributed by atoms with Gasteiger partial charge in [-0.05, 0) is 48.0 Å². The molecular formula is C15H11ClO2. The summed E-state index contributed by atoms with van der Waals surface area (Å²) < 4.78 is 0. The van der Waals surface area contributed by atoms with Gasteiger partial charge in [0.15, 0.2) is 5.78 Å². The van der Waals surface area contributed by atoms with Crippen molar-refractivity contribution in [1.29, 1.82) is 0 Å². The highest BCUT2D eigenvalue weighted by Crippen LogP contribution is 2.13. The summed E-state index contributed by atoms with van der Waals surface area (Å²) in [7, 11) is 0. The van der Waals surface area contributed by atoms with Gasteiger partial charge in [-0.15, -0.1) is 0 Å². The SMILES string of the molecule is O=C(/C=C/c1ccc(O)cc1)c1ccc(Cl)cc1. The Labute approximate surface area is 110 Å². The Balaban J connectivity index is 2.11. The highest BCUT2D eigenvalue weighted by atomic mass is 35.5. The summed E-state index contributed by atoms with van der Waals surface area (Å²) in [6.07, 6.45) is 3.20. The van der Waals surface area contributed by atoms with E-state index in [1.54, 1.807) is 54.6 Å². The van der Waals surface area contributed by atoms with E-state index in [9.17, 15) is 4.79 Å². The van der Waals surface area contributed by atoms with Gasteiger partial charge >= 0.3 is 0 Å². The first-order valence-electron chi connectivity index (χ1n) is 5.42. The second-order valence-corrected chi connectivity index (χ2v) is 4.23. The molecule has 0 bridgehead atoms. The molecule has 2 rings (SSSR count). The molecule has 18 heavy (non-hydrogen) atoms. The van der Waals surface area contributed by atoms with Gasteiger partial charge in [0.05, 0.1) is 0 Å². The highest BCUT2D eigenvalue weighted by molar-refractivity contribution is 6.30. The maximum Gasteiger partial charge on any atom is 0.185 e. The number of rotatable bonds is 3. The Hall–Kier alpha value is -2.06. The van der Waals surface area contributed by atoms with Gasteiger partial charge < -0.3 is 5.11 Å². The second-order valence-electron chi connectivity index (χ2n) is 3.80. The number of benzene rings is 2. The Morgan fingerprint density at radius 2 is 1.61 bits per heavy atom. The van der Waals surface area contributed by atoms with Gasteiger partial charge in [-0.2, -0.15) is 0 Å². The molecule has 0 unspecified atom stereocenters. The molecule has 0 radical (unpaired) electrons. The number of hydrogen-bond acceptors (Lipinski definition) is 2. The van der Waals surface area contributed by atoms with Gasteiger partial charge in [-0.1, -0.05) is 29.8 Å². The summed E-state index contributed by atoms with van der Waals surface area (Å²) in [5, 5.41) is 9.74. The molecule has 0 aliphatic heterocycles. The molecule has 3 heteroatoms. The quantitative estimate of drug-likeness (QED) is 0.669. The van der Waals surface area contributed by atoms with Crippen molar-refractivity contribution in [3.8, 4) is 5.75 Å². The largest absolute Gasteiger partial charge is 0.508 e. The van der Waals surface area contributed by atoms with Crippen molar-refractivity contribution in [2.45, 2.75) is 0 Å². The average Bonchev–Trinajstić information content (AvgIpc) is 2.38. The number of phenolic OH excluding ortho intramolecular Hbond substituents is 1. The molecule has 0 atom stereocenters. The number of ketones is 1. The van der Waals surface area contributed by atoms with Crippen molar-refractivity contribution in [2.24, 2.45) is 0 Å². The van der Waals surface area contributed by atoms with Crippen LogP contribution in [0.3, 0.4) is 0 Å². The van der Waals surface area contributed by atoms with Gasteiger partial charge in [-0.25, -0.2) is 0 Å². The number of carbonyl (C=O) groups excluding carboxylic acids is 1. The third-order valence-electron chi connectivity index (χ3n) is 2.45. The fourth-order valence-electron chi connectivity index (χ4n) is 1.47. The van der Waals surface area contributed by atoms with Crippen LogP contribution >= 0.6 is 11.6 Å². The molecule has 0 aliphatic carbocycles. The number of carbonyl (C=O) groups is 1. The van der Waals surface area contributed by atoms with Gasteiger partial charge in [0.25, 0.3) is 0 Å². The fourth-order valence-corrected chi connectivity index (χ4v) is 1.59. The Kier molecular flexibility index (Phi) is 3.80. The molecule has 1 N–H and O–H groups in total. The third kappa shape index (κ3) is 3.22. The van der Waals surface area contributed by atoms with E-state index in [1.165, 1.54) is 6.08 Å². The van der Waals surface area contributed by atoms with E-state index in [0.717, 1.165) is 5.56 Å². The predicted molar refractivity (Wildman–Crippen MR) is 72.9 cm³/mol. The molecule has 0 aromatic heterocycles. The molecule has 2 aromatic rings. The van der Waals surface area contributed by atoms with E-state index in [-0.39, 0.29) is 11.5 Å². The van der Waals surface area contributed by atoms with E-state index >= 15 is 0 Å². The van der Waals surface area contributed by atoms with Crippen LogP contribution < -0.4 is 0 Å². The Morgan fingerprint density at radius 1 is 1.00 bits per heavy atom. The lowest BCUT2D eigenvalue weighted by Crippen LogP contribution is -1.92. The van der Waals surface area contributed by atoms with Crippen LogP contribution in [0.25, 0.3) is 6.08 Å². The van der Waals surface area contributed by atoms with Crippen molar-refractivity contribution in [2.75, 3.05) is 0 Å². The number of halogens is 1. The minimum Gasteiger partial charge on any atom is -0.508 e. The summed E-state index contributed by atoms with van der Waals surface area (Å²) in [5.41, 5.74) is 1.45. The average molecular weight is 259 g/mol. The lowest BCUT2D eigenvalue weighted by Gasteiger charge is -1.96. The van der Waals surface area contributed by atoms with Crippen LogP contribution in [0.1, 0.15) is 15.9 Å². The third-order valence-corrected chi connectivity index (χ3v) is 2.70. The van der Waals surface area contributed by atoms with Crippen LogP contribution in [0, 0.1) is 0 Å². The molecular weight excluding hydrogens is 248 g/mol. The molecule has 90 valence electrons. The van der Waals surface area contributed by atoms with E-state index in [0.29, 0.717) is 10.6 Å². The minimum atomic E-state index is -0.0836.